The Morgan fingerprint density at radius 3 is 2.79 bits per heavy atom. The Bertz CT molecular complexity index is 1060. The normalized spacial score (nSPS) is 17.5. The maximum atomic E-state index is 12.6. The molecule has 0 unspecified atom stereocenters. The Balaban J connectivity index is 1.36. The van der Waals surface area contributed by atoms with Crippen molar-refractivity contribution in [3.05, 3.63) is 42.0 Å². The fraction of sp³-hybridized carbons (Fsp3) is 0.429. The van der Waals surface area contributed by atoms with Gasteiger partial charge in [-0.05, 0) is 17.7 Å². The molecule has 0 radical (unpaired) electrons. The number of nitrogens with zero attached hydrogens (tertiary/aromatic N) is 6. The molecule has 150 valence electrons. The Hall–Kier alpha value is -2.84. The maximum absolute atomic E-state index is 12.6. The summed E-state index contributed by atoms with van der Waals surface area (Å²) in [5.41, 5.74) is 5.12. The Morgan fingerprint density at radius 1 is 1.14 bits per heavy atom. The number of hydrogen-bond donors (Lipinski definition) is 0. The lowest BCUT2D eigenvalue weighted by Gasteiger charge is -2.32. The third kappa shape index (κ3) is 3.73. The zero-order chi connectivity index (χ0) is 19.8. The molecule has 3 aromatic rings. The first-order valence-corrected chi connectivity index (χ1v) is 10.0. The predicted molar refractivity (Wildman–Crippen MR) is 108 cm³/mol. The first-order chi connectivity index (χ1) is 14.2. The number of ether oxygens (including phenoxy) is 1. The smallest absolute Gasteiger partial charge is 0.236 e. The molecule has 0 saturated carbocycles. The lowest BCUT2D eigenvalue weighted by atomic mass is 10.0. The number of carbonyl (C=O) groups excluding carboxylic acids is 1. The lowest BCUT2D eigenvalue weighted by Crippen LogP contribution is -2.46. The standard InChI is InChI=1S/C21H24N6O2/c1-25-12-18(11-23-25)16-8-15-9-17-13-26(3-2-19(17)24-21(15)22-10-16)14-20(28)27-4-6-29-7-5-27/h8-12H,2-7,13-14H2,1H3. The molecule has 0 aliphatic carbocycles. The van der Waals surface area contributed by atoms with Gasteiger partial charge in [0.15, 0.2) is 5.65 Å². The highest BCUT2D eigenvalue weighted by Gasteiger charge is 2.24. The van der Waals surface area contributed by atoms with Crippen molar-refractivity contribution < 1.29 is 9.53 Å². The summed E-state index contributed by atoms with van der Waals surface area (Å²) in [4.78, 5) is 26.1. The van der Waals surface area contributed by atoms with Crippen molar-refractivity contribution in [2.24, 2.45) is 7.05 Å². The minimum atomic E-state index is 0.186. The van der Waals surface area contributed by atoms with Crippen LogP contribution in [-0.2, 0) is 29.5 Å². The average Bonchev–Trinajstić information content (AvgIpc) is 3.19. The van der Waals surface area contributed by atoms with E-state index in [2.05, 4.69) is 27.1 Å². The van der Waals surface area contributed by atoms with Gasteiger partial charge in [0.05, 0.1) is 26.0 Å². The van der Waals surface area contributed by atoms with Crippen LogP contribution in [0.2, 0.25) is 0 Å². The summed E-state index contributed by atoms with van der Waals surface area (Å²) in [6, 6.07) is 4.29. The van der Waals surface area contributed by atoms with Crippen LogP contribution in [0.5, 0.6) is 0 Å². The number of hydrogen-bond acceptors (Lipinski definition) is 6. The molecule has 1 saturated heterocycles. The van der Waals surface area contributed by atoms with Gasteiger partial charge in [0.25, 0.3) is 0 Å². The molecule has 1 fully saturated rings. The second kappa shape index (κ2) is 7.53. The summed E-state index contributed by atoms with van der Waals surface area (Å²) in [5.74, 6) is 0.186. The number of amides is 1. The van der Waals surface area contributed by atoms with Crippen LogP contribution >= 0.6 is 0 Å². The Kier molecular flexibility index (Phi) is 4.73. The maximum Gasteiger partial charge on any atom is 0.236 e. The van der Waals surface area contributed by atoms with Gasteiger partial charge >= 0.3 is 0 Å². The number of pyridine rings is 2. The molecule has 0 atom stereocenters. The number of carbonyl (C=O) groups is 1. The van der Waals surface area contributed by atoms with Gasteiger partial charge < -0.3 is 9.64 Å². The van der Waals surface area contributed by atoms with E-state index in [0.29, 0.717) is 32.8 Å². The van der Waals surface area contributed by atoms with Crippen molar-refractivity contribution in [2.75, 3.05) is 39.4 Å². The summed E-state index contributed by atoms with van der Waals surface area (Å²) in [6.45, 7) is 4.69. The molecule has 0 aromatic carbocycles. The molecule has 8 nitrogen and oxygen atoms in total. The fourth-order valence-electron chi connectivity index (χ4n) is 4.05. The van der Waals surface area contributed by atoms with Gasteiger partial charge in [0.1, 0.15) is 0 Å². The summed E-state index contributed by atoms with van der Waals surface area (Å²) in [7, 11) is 1.91. The van der Waals surface area contributed by atoms with Gasteiger partial charge in [-0.2, -0.15) is 5.10 Å². The zero-order valence-corrected chi connectivity index (χ0v) is 16.5. The van der Waals surface area contributed by atoms with Crippen LogP contribution in [0.1, 0.15) is 11.3 Å². The molecule has 29 heavy (non-hydrogen) atoms. The molecule has 0 spiro atoms. The van der Waals surface area contributed by atoms with E-state index in [9.17, 15) is 4.79 Å². The van der Waals surface area contributed by atoms with Crippen molar-refractivity contribution in [1.82, 2.24) is 29.5 Å². The Labute approximate surface area is 169 Å². The highest BCUT2D eigenvalue weighted by molar-refractivity contribution is 5.81. The molecule has 0 bridgehead atoms. The number of aromatic nitrogens is 4. The molecule has 5 heterocycles. The lowest BCUT2D eigenvalue weighted by molar-refractivity contribution is -0.136. The molecule has 2 aliphatic heterocycles. The minimum absolute atomic E-state index is 0.186. The van der Waals surface area contributed by atoms with E-state index in [-0.39, 0.29) is 5.91 Å². The second-order valence-electron chi connectivity index (χ2n) is 7.72. The van der Waals surface area contributed by atoms with Crippen LogP contribution in [0.25, 0.3) is 22.2 Å². The summed E-state index contributed by atoms with van der Waals surface area (Å²) in [5, 5.41) is 5.26. The topological polar surface area (TPSA) is 76.4 Å². The van der Waals surface area contributed by atoms with Crippen molar-refractivity contribution in [2.45, 2.75) is 13.0 Å². The molecule has 5 rings (SSSR count). The largest absolute Gasteiger partial charge is 0.378 e. The molecule has 8 heteroatoms. The third-order valence-electron chi connectivity index (χ3n) is 5.66. The average molecular weight is 392 g/mol. The van der Waals surface area contributed by atoms with Crippen LogP contribution in [0.4, 0.5) is 0 Å². The zero-order valence-electron chi connectivity index (χ0n) is 16.5. The van der Waals surface area contributed by atoms with Crippen molar-refractivity contribution in [1.29, 1.82) is 0 Å². The number of rotatable bonds is 3. The van der Waals surface area contributed by atoms with Crippen LogP contribution in [0.15, 0.2) is 30.7 Å². The number of fused-ring (bicyclic) bond motifs is 2. The Morgan fingerprint density at radius 2 is 2.00 bits per heavy atom. The van der Waals surface area contributed by atoms with E-state index in [1.165, 1.54) is 5.56 Å². The van der Waals surface area contributed by atoms with Gasteiger partial charge in [-0.25, -0.2) is 9.97 Å². The first-order valence-electron chi connectivity index (χ1n) is 10.0. The molecule has 1 amide bonds. The number of morpholine rings is 1. The van der Waals surface area contributed by atoms with E-state index in [1.54, 1.807) is 4.68 Å². The molecule has 3 aromatic heterocycles. The first kappa shape index (κ1) is 18.2. The van der Waals surface area contributed by atoms with Gasteiger partial charge in [-0.15, -0.1) is 0 Å². The summed E-state index contributed by atoms with van der Waals surface area (Å²) >= 11 is 0. The van der Waals surface area contributed by atoms with Crippen molar-refractivity contribution >= 4 is 16.9 Å². The van der Waals surface area contributed by atoms with Crippen LogP contribution in [0.3, 0.4) is 0 Å². The van der Waals surface area contributed by atoms with E-state index >= 15 is 0 Å². The van der Waals surface area contributed by atoms with E-state index in [0.717, 1.165) is 47.4 Å². The number of aryl methyl sites for hydroxylation is 1. The van der Waals surface area contributed by atoms with Crippen LogP contribution < -0.4 is 0 Å². The summed E-state index contributed by atoms with van der Waals surface area (Å²) < 4.78 is 7.13. The quantitative estimate of drug-likeness (QED) is 0.668. The SMILES string of the molecule is Cn1cc(-c2cnc3nc4c(cc3c2)CN(CC(=O)N2CCOCC2)CC4)cn1. The fourth-order valence-corrected chi connectivity index (χ4v) is 4.05. The molecular formula is C21H24N6O2. The van der Waals surface area contributed by atoms with Crippen LogP contribution in [-0.4, -0.2) is 74.8 Å². The minimum Gasteiger partial charge on any atom is -0.378 e. The molecule has 0 N–H and O–H groups in total. The third-order valence-corrected chi connectivity index (χ3v) is 5.66. The van der Waals surface area contributed by atoms with Crippen molar-refractivity contribution in [3.8, 4) is 11.1 Å². The van der Waals surface area contributed by atoms with Gasteiger partial charge in [0.2, 0.25) is 5.91 Å². The van der Waals surface area contributed by atoms with Crippen molar-refractivity contribution in [3.63, 3.8) is 0 Å². The van der Waals surface area contributed by atoms with E-state index < -0.39 is 0 Å². The second-order valence-corrected chi connectivity index (χ2v) is 7.72. The summed E-state index contributed by atoms with van der Waals surface area (Å²) in [6.07, 6.45) is 6.52. The van der Waals surface area contributed by atoms with Gasteiger partial charge in [-0.1, -0.05) is 0 Å². The van der Waals surface area contributed by atoms with Gasteiger partial charge in [-0.3, -0.25) is 14.4 Å². The van der Waals surface area contributed by atoms with E-state index in [1.807, 2.05) is 30.5 Å². The highest BCUT2D eigenvalue weighted by atomic mass is 16.5. The van der Waals surface area contributed by atoms with E-state index in [4.69, 9.17) is 9.72 Å². The van der Waals surface area contributed by atoms with Crippen LogP contribution in [0, 0.1) is 0 Å². The molecular weight excluding hydrogens is 368 g/mol. The molecule has 2 aliphatic rings. The highest BCUT2D eigenvalue weighted by Crippen LogP contribution is 2.25. The van der Waals surface area contributed by atoms with Gasteiger partial charge in [0, 0.05) is 74.2 Å². The monoisotopic (exact) mass is 392 g/mol. The predicted octanol–water partition coefficient (Wildman–Crippen LogP) is 1.25.